The standard InChI is InChI=1S/C26H36N6O3/c1-4-10-22(25-28-29-30-32(25)17-23(33)35-5-2)31(21-13-7-6-8-14-21)16-20-15-19-12-9-11-18(3)24(19)27-26(20)34/h9,11-12,15,21-22H,4-8,10,13-14,16-17H2,1-3H3,(H,27,34). The number of tetrazole rings is 1. The first kappa shape index (κ1) is 25.0. The zero-order valence-electron chi connectivity index (χ0n) is 21.0. The van der Waals surface area contributed by atoms with E-state index >= 15 is 0 Å². The molecule has 1 aromatic carbocycles. The Labute approximate surface area is 205 Å². The fraction of sp³-hybridized carbons (Fsp3) is 0.577. The number of fused-ring (bicyclic) bond motifs is 1. The highest BCUT2D eigenvalue weighted by Gasteiger charge is 2.33. The van der Waals surface area contributed by atoms with Crippen molar-refractivity contribution in [3.05, 3.63) is 51.6 Å². The van der Waals surface area contributed by atoms with Gasteiger partial charge in [-0.25, -0.2) is 4.68 Å². The number of ether oxygens (including phenoxy) is 1. The molecule has 0 spiro atoms. The lowest BCUT2D eigenvalue weighted by Crippen LogP contribution is -2.41. The van der Waals surface area contributed by atoms with Crippen molar-refractivity contribution >= 4 is 16.9 Å². The first-order chi connectivity index (χ1) is 17.0. The molecule has 1 atom stereocenters. The van der Waals surface area contributed by atoms with Crippen molar-refractivity contribution in [2.24, 2.45) is 0 Å². The number of H-pyrrole nitrogens is 1. The summed E-state index contributed by atoms with van der Waals surface area (Å²) in [4.78, 5) is 30.9. The van der Waals surface area contributed by atoms with Crippen LogP contribution >= 0.6 is 0 Å². The van der Waals surface area contributed by atoms with Crippen molar-refractivity contribution in [1.82, 2.24) is 30.1 Å². The molecular weight excluding hydrogens is 444 g/mol. The highest BCUT2D eigenvalue weighted by atomic mass is 16.5. The molecule has 0 amide bonds. The van der Waals surface area contributed by atoms with E-state index in [1.807, 2.05) is 31.2 Å². The number of aryl methyl sites for hydroxylation is 1. The van der Waals surface area contributed by atoms with E-state index in [4.69, 9.17) is 4.74 Å². The Morgan fingerprint density at radius 2 is 2.06 bits per heavy atom. The predicted octanol–water partition coefficient (Wildman–Crippen LogP) is 4.06. The van der Waals surface area contributed by atoms with Crippen LogP contribution in [0.4, 0.5) is 0 Å². The molecule has 1 aliphatic rings. The molecule has 188 valence electrons. The van der Waals surface area contributed by atoms with Crippen molar-refractivity contribution in [3.8, 4) is 0 Å². The molecule has 1 unspecified atom stereocenters. The summed E-state index contributed by atoms with van der Waals surface area (Å²) in [6, 6.07) is 8.29. The highest BCUT2D eigenvalue weighted by molar-refractivity contribution is 5.81. The molecule has 1 fully saturated rings. The first-order valence-corrected chi connectivity index (χ1v) is 12.8. The van der Waals surface area contributed by atoms with Gasteiger partial charge in [-0.15, -0.1) is 5.10 Å². The van der Waals surface area contributed by atoms with Crippen LogP contribution in [0.1, 0.15) is 81.8 Å². The number of hydrogen-bond donors (Lipinski definition) is 1. The number of carbonyl (C=O) groups excluding carboxylic acids is 1. The van der Waals surface area contributed by atoms with Gasteiger partial charge in [-0.1, -0.05) is 50.8 Å². The zero-order valence-corrected chi connectivity index (χ0v) is 21.0. The van der Waals surface area contributed by atoms with Crippen molar-refractivity contribution in [1.29, 1.82) is 0 Å². The Morgan fingerprint density at radius 1 is 1.26 bits per heavy atom. The highest BCUT2D eigenvalue weighted by Crippen LogP contribution is 2.33. The lowest BCUT2D eigenvalue weighted by Gasteiger charge is -2.39. The van der Waals surface area contributed by atoms with Crippen LogP contribution in [0.2, 0.25) is 0 Å². The molecule has 2 heterocycles. The molecular formula is C26H36N6O3. The van der Waals surface area contributed by atoms with Crippen LogP contribution in [0.5, 0.6) is 0 Å². The third-order valence-corrected chi connectivity index (χ3v) is 6.97. The average Bonchev–Trinajstić information content (AvgIpc) is 3.30. The van der Waals surface area contributed by atoms with Gasteiger partial charge in [0, 0.05) is 18.2 Å². The molecule has 0 aliphatic heterocycles. The van der Waals surface area contributed by atoms with Crippen LogP contribution in [0.15, 0.2) is 29.1 Å². The van der Waals surface area contributed by atoms with Crippen molar-refractivity contribution < 1.29 is 9.53 Å². The third kappa shape index (κ3) is 5.78. The largest absolute Gasteiger partial charge is 0.465 e. The Hall–Kier alpha value is -3.07. The monoisotopic (exact) mass is 480 g/mol. The minimum atomic E-state index is -0.359. The number of aromatic nitrogens is 5. The van der Waals surface area contributed by atoms with E-state index in [1.165, 1.54) is 19.3 Å². The maximum absolute atomic E-state index is 13.2. The number of hydrogen-bond acceptors (Lipinski definition) is 7. The number of aromatic amines is 1. The maximum Gasteiger partial charge on any atom is 0.327 e. The van der Waals surface area contributed by atoms with Crippen LogP contribution in [-0.4, -0.2) is 48.7 Å². The van der Waals surface area contributed by atoms with E-state index in [1.54, 1.807) is 11.6 Å². The van der Waals surface area contributed by atoms with Crippen LogP contribution in [0, 0.1) is 6.92 Å². The number of nitrogens with zero attached hydrogens (tertiary/aromatic N) is 5. The minimum Gasteiger partial charge on any atom is -0.465 e. The van der Waals surface area contributed by atoms with Gasteiger partial charge < -0.3 is 9.72 Å². The van der Waals surface area contributed by atoms with Crippen LogP contribution in [0.3, 0.4) is 0 Å². The summed E-state index contributed by atoms with van der Waals surface area (Å²) in [5, 5.41) is 13.4. The molecule has 4 rings (SSSR count). The molecule has 3 aromatic rings. The van der Waals surface area contributed by atoms with Crippen LogP contribution in [0.25, 0.3) is 10.9 Å². The molecule has 0 radical (unpaired) electrons. The third-order valence-electron chi connectivity index (χ3n) is 6.97. The van der Waals surface area contributed by atoms with Gasteiger partial charge in [0.25, 0.3) is 5.56 Å². The van der Waals surface area contributed by atoms with E-state index < -0.39 is 0 Å². The summed E-state index contributed by atoms with van der Waals surface area (Å²) in [5.74, 6) is 0.292. The number of rotatable bonds is 10. The summed E-state index contributed by atoms with van der Waals surface area (Å²) in [6.07, 6.45) is 7.47. The average molecular weight is 481 g/mol. The summed E-state index contributed by atoms with van der Waals surface area (Å²) < 4.78 is 6.69. The number of carbonyl (C=O) groups is 1. The molecule has 1 aliphatic carbocycles. The number of benzene rings is 1. The Morgan fingerprint density at radius 3 is 2.80 bits per heavy atom. The van der Waals surface area contributed by atoms with Gasteiger partial charge >= 0.3 is 5.97 Å². The number of nitrogens with one attached hydrogen (secondary N) is 1. The Bertz CT molecular complexity index is 1200. The first-order valence-electron chi connectivity index (χ1n) is 12.8. The predicted molar refractivity (Wildman–Crippen MR) is 134 cm³/mol. The van der Waals surface area contributed by atoms with Gasteiger partial charge in [0.2, 0.25) is 0 Å². The second-order valence-corrected chi connectivity index (χ2v) is 9.43. The smallest absolute Gasteiger partial charge is 0.327 e. The Kier molecular flexibility index (Phi) is 8.28. The minimum absolute atomic E-state index is 0.0231. The lowest BCUT2D eigenvalue weighted by molar-refractivity contribution is -0.144. The van der Waals surface area contributed by atoms with Crippen molar-refractivity contribution in [3.63, 3.8) is 0 Å². The van der Waals surface area contributed by atoms with E-state index in [0.29, 0.717) is 25.0 Å². The lowest BCUT2D eigenvalue weighted by atomic mass is 9.91. The van der Waals surface area contributed by atoms with E-state index in [2.05, 4.69) is 32.3 Å². The van der Waals surface area contributed by atoms with Crippen LogP contribution < -0.4 is 5.56 Å². The molecule has 9 heteroatoms. The van der Waals surface area contributed by atoms with Gasteiger partial charge in [0.15, 0.2) is 5.82 Å². The quantitative estimate of drug-likeness (QED) is 0.436. The topological polar surface area (TPSA) is 106 Å². The maximum atomic E-state index is 13.2. The fourth-order valence-electron chi connectivity index (χ4n) is 5.26. The van der Waals surface area contributed by atoms with E-state index in [9.17, 15) is 9.59 Å². The summed E-state index contributed by atoms with van der Waals surface area (Å²) in [7, 11) is 0. The van der Waals surface area contributed by atoms with Gasteiger partial charge in [-0.05, 0) is 60.6 Å². The summed E-state index contributed by atoms with van der Waals surface area (Å²) in [5.41, 5.74) is 2.61. The number of pyridine rings is 1. The molecule has 0 saturated heterocycles. The molecule has 1 N–H and O–H groups in total. The Balaban J connectivity index is 1.72. The van der Waals surface area contributed by atoms with Gasteiger partial charge in [-0.2, -0.15) is 0 Å². The van der Waals surface area contributed by atoms with Crippen molar-refractivity contribution in [2.75, 3.05) is 6.61 Å². The number of esters is 1. The van der Waals surface area contributed by atoms with Gasteiger partial charge in [-0.3, -0.25) is 14.5 Å². The van der Waals surface area contributed by atoms with Crippen molar-refractivity contribution in [2.45, 2.75) is 90.9 Å². The SMILES string of the molecule is CCCC(c1nnnn1CC(=O)OCC)N(Cc1cc2cccc(C)c2[nH]c1=O)C1CCCCC1. The molecule has 35 heavy (non-hydrogen) atoms. The molecule has 2 aromatic heterocycles. The van der Waals surface area contributed by atoms with Crippen LogP contribution in [-0.2, 0) is 22.6 Å². The normalized spacial score (nSPS) is 15.5. The summed E-state index contributed by atoms with van der Waals surface area (Å²) in [6.45, 7) is 6.72. The van der Waals surface area contributed by atoms with Gasteiger partial charge in [0.05, 0.1) is 18.2 Å². The van der Waals surface area contributed by atoms with E-state index in [-0.39, 0.29) is 24.1 Å². The number of para-hydroxylation sites is 1. The summed E-state index contributed by atoms with van der Waals surface area (Å²) >= 11 is 0. The zero-order chi connectivity index (χ0) is 24.8. The fourth-order valence-corrected chi connectivity index (χ4v) is 5.26. The van der Waals surface area contributed by atoms with E-state index in [0.717, 1.165) is 47.7 Å². The second-order valence-electron chi connectivity index (χ2n) is 9.43. The molecule has 9 nitrogen and oxygen atoms in total. The van der Waals surface area contributed by atoms with Gasteiger partial charge in [0.1, 0.15) is 6.54 Å². The molecule has 1 saturated carbocycles. The molecule has 0 bridgehead atoms. The second kappa shape index (κ2) is 11.6.